The molecular formula is C31H37NO10. The number of fused-ring (bicyclic) bond motifs is 3. The molecule has 3 aliphatic rings. The van der Waals surface area contributed by atoms with E-state index in [4.69, 9.17) is 33.2 Å². The molecule has 6 atom stereocenters. The molecule has 11 heteroatoms. The fourth-order valence-electron chi connectivity index (χ4n) is 5.23. The molecular weight excluding hydrogens is 546 g/mol. The van der Waals surface area contributed by atoms with Crippen LogP contribution in [0, 0.1) is 0 Å². The van der Waals surface area contributed by atoms with Gasteiger partial charge in [0, 0.05) is 6.42 Å². The van der Waals surface area contributed by atoms with Gasteiger partial charge in [-0.3, -0.25) is 9.59 Å². The zero-order valence-corrected chi connectivity index (χ0v) is 24.1. The van der Waals surface area contributed by atoms with Crippen LogP contribution in [-0.2, 0) is 60.8 Å². The summed E-state index contributed by atoms with van der Waals surface area (Å²) in [5.41, 5.74) is 1.62. The molecule has 226 valence electrons. The molecule has 11 nitrogen and oxygen atoms in total. The zero-order chi connectivity index (χ0) is 29.9. The molecule has 5 rings (SSSR count). The number of esters is 2. The molecule has 1 amide bonds. The Kier molecular flexibility index (Phi) is 8.95. The summed E-state index contributed by atoms with van der Waals surface area (Å²) in [6.07, 6.45) is -4.31. The summed E-state index contributed by atoms with van der Waals surface area (Å²) in [5, 5.41) is 2.71. The van der Waals surface area contributed by atoms with Crippen LogP contribution in [0.15, 0.2) is 60.7 Å². The Morgan fingerprint density at radius 2 is 1.31 bits per heavy atom. The SMILES string of the molecule is CC1(C)O[C@@H]2O[C@@H](C(=O)N[C@@H](CCC(=O)OCc3ccccc3)C(=O)OCc3ccccc3)[C@H]3OC(C)(C)O[C@H]3[C@H]2O1. The number of ether oxygens (including phenoxy) is 7. The van der Waals surface area contributed by atoms with Crippen LogP contribution < -0.4 is 5.32 Å². The molecule has 0 unspecified atom stereocenters. The number of carbonyl (C=O) groups excluding carboxylic acids is 3. The minimum atomic E-state index is -1.18. The van der Waals surface area contributed by atoms with Gasteiger partial charge in [-0.1, -0.05) is 60.7 Å². The smallest absolute Gasteiger partial charge is 0.328 e. The maximum Gasteiger partial charge on any atom is 0.328 e. The second-order valence-corrected chi connectivity index (χ2v) is 11.4. The third-order valence-corrected chi connectivity index (χ3v) is 7.12. The Morgan fingerprint density at radius 3 is 1.95 bits per heavy atom. The van der Waals surface area contributed by atoms with Crippen LogP contribution in [0.1, 0.15) is 51.7 Å². The van der Waals surface area contributed by atoms with Crippen molar-refractivity contribution >= 4 is 17.8 Å². The molecule has 0 saturated carbocycles. The second-order valence-electron chi connectivity index (χ2n) is 11.4. The molecule has 42 heavy (non-hydrogen) atoms. The monoisotopic (exact) mass is 583 g/mol. The van der Waals surface area contributed by atoms with Gasteiger partial charge in [0.1, 0.15) is 37.6 Å². The number of hydrogen-bond acceptors (Lipinski definition) is 10. The third-order valence-electron chi connectivity index (χ3n) is 7.12. The van der Waals surface area contributed by atoms with E-state index in [1.165, 1.54) is 0 Å². The Morgan fingerprint density at radius 1 is 0.762 bits per heavy atom. The van der Waals surface area contributed by atoms with Gasteiger partial charge in [-0.2, -0.15) is 0 Å². The van der Waals surface area contributed by atoms with Gasteiger partial charge in [0.15, 0.2) is 24.0 Å². The van der Waals surface area contributed by atoms with Crippen molar-refractivity contribution in [2.75, 3.05) is 0 Å². The Balaban J connectivity index is 1.26. The van der Waals surface area contributed by atoms with Crippen molar-refractivity contribution in [2.24, 2.45) is 0 Å². The third kappa shape index (κ3) is 7.34. The average Bonchev–Trinajstić information content (AvgIpc) is 3.46. The van der Waals surface area contributed by atoms with Crippen molar-refractivity contribution in [3.63, 3.8) is 0 Å². The van der Waals surface area contributed by atoms with Gasteiger partial charge < -0.3 is 38.5 Å². The maximum atomic E-state index is 13.7. The van der Waals surface area contributed by atoms with Crippen LogP contribution in [-0.4, -0.2) is 66.2 Å². The van der Waals surface area contributed by atoms with Crippen LogP contribution in [0.2, 0.25) is 0 Å². The number of carbonyl (C=O) groups is 3. The predicted molar refractivity (Wildman–Crippen MR) is 146 cm³/mol. The molecule has 0 spiro atoms. The average molecular weight is 584 g/mol. The number of amides is 1. The molecule has 0 radical (unpaired) electrons. The number of hydrogen-bond donors (Lipinski definition) is 1. The first-order valence-corrected chi connectivity index (χ1v) is 14.1. The summed E-state index contributed by atoms with van der Waals surface area (Å²) >= 11 is 0. The first kappa shape index (κ1) is 30.1. The van der Waals surface area contributed by atoms with E-state index < -0.39 is 66.2 Å². The van der Waals surface area contributed by atoms with Gasteiger partial charge in [0.25, 0.3) is 5.91 Å². The van der Waals surface area contributed by atoms with Crippen LogP contribution in [0.4, 0.5) is 0 Å². The van der Waals surface area contributed by atoms with Gasteiger partial charge >= 0.3 is 11.9 Å². The predicted octanol–water partition coefficient (Wildman–Crippen LogP) is 3.13. The molecule has 0 aliphatic carbocycles. The normalized spacial score (nSPS) is 27.8. The quantitative estimate of drug-likeness (QED) is 0.417. The second kappa shape index (κ2) is 12.5. The van der Waals surface area contributed by atoms with E-state index in [1.807, 2.05) is 60.7 Å². The van der Waals surface area contributed by atoms with Crippen molar-refractivity contribution in [3.8, 4) is 0 Å². The number of nitrogens with one attached hydrogen (secondary N) is 1. The minimum absolute atomic E-state index is 0.00425. The van der Waals surface area contributed by atoms with Crippen LogP contribution >= 0.6 is 0 Å². The van der Waals surface area contributed by atoms with Gasteiger partial charge in [-0.25, -0.2) is 4.79 Å². The van der Waals surface area contributed by atoms with Crippen molar-refractivity contribution in [1.82, 2.24) is 5.32 Å². The van der Waals surface area contributed by atoms with Crippen molar-refractivity contribution in [2.45, 2.75) is 102 Å². The molecule has 2 aromatic carbocycles. The standard InChI is InChI=1S/C31H37NO10/c1-30(2)39-23-24(40-30)26-29(42-31(3,4)41-26)38-25(23)27(34)32-21(28(35)37-18-20-13-9-6-10-14-20)15-16-22(33)36-17-19-11-7-5-8-12-19/h5-14,21,23-26,29H,15-18H2,1-4H3,(H,32,34)/t21-,23-,24+,25+,26+,29-/m0/s1. The molecule has 3 fully saturated rings. The van der Waals surface area contributed by atoms with Crippen LogP contribution in [0.3, 0.4) is 0 Å². The highest BCUT2D eigenvalue weighted by Gasteiger charge is 2.62. The highest BCUT2D eigenvalue weighted by molar-refractivity contribution is 5.88. The highest BCUT2D eigenvalue weighted by atomic mass is 16.9. The van der Waals surface area contributed by atoms with Crippen LogP contribution in [0.5, 0.6) is 0 Å². The van der Waals surface area contributed by atoms with E-state index >= 15 is 0 Å². The summed E-state index contributed by atoms with van der Waals surface area (Å²) in [4.78, 5) is 39.4. The van der Waals surface area contributed by atoms with E-state index in [0.717, 1.165) is 11.1 Å². The molecule has 0 bridgehead atoms. The number of benzene rings is 2. The van der Waals surface area contributed by atoms with E-state index in [2.05, 4.69) is 5.32 Å². The van der Waals surface area contributed by atoms with Crippen molar-refractivity contribution in [3.05, 3.63) is 71.8 Å². The van der Waals surface area contributed by atoms with Gasteiger partial charge in [0.2, 0.25) is 0 Å². The summed E-state index contributed by atoms with van der Waals surface area (Å²) < 4.78 is 40.9. The molecule has 2 aromatic rings. The van der Waals surface area contributed by atoms with Gasteiger partial charge in [0.05, 0.1) is 0 Å². The topological polar surface area (TPSA) is 128 Å². The number of rotatable bonds is 10. The largest absolute Gasteiger partial charge is 0.461 e. The van der Waals surface area contributed by atoms with Crippen molar-refractivity contribution < 1.29 is 47.5 Å². The summed E-state index contributed by atoms with van der Waals surface area (Å²) in [6, 6.07) is 17.2. The van der Waals surface area contributed by atoms with E-state index in [-0.39, 0.29) is 26.1 Å². The zero-order valence-electron chi connectivity index (χ0n) is 24.1. The van der Waals surface area contributed by atoms with Gasteiger partial charge in [-0.15, -0.1) is 0 Å². The summed E-state index contributed by atoms with van der Waals surface area (Å²) in [7, 11) is 0. The van der Waals surface area contributed by atoms with E-state index in [1.54, 1.807) is 27.7 Å². The van der Waals surface area contributed by atoms with Crippen LogP contribution in [0.25, 0.3) is 0 Å². The lowest BCUT2D eigenvalue weighted by Gasteiger charge is -2.36. The molecule has 1 N–H and O–H groups in total. The molecule has 3 saturated heterocycles. The minimum Gasteiger partial charge on any atom is -0.461 e. The summed E-state index contributed by atoms with van der Waals surface area (Å²) in [5.74, 6) is -3.79. The van der Waals surface area contributed by atoms with E-state index in [9.17, 15) is 14.4 Å². The Labute approximate surface area is 244 Å². The molecule has 0 aromatic heterocycles. The Bertz CT molecular complexity index is 1250. The summed E-state index contributed by atoms with van der Waals surface area (Å²) in [6.45, 7) is 7.07. The molecule has 3 heterocycles. The van der Waals surface area contributed by atoms with E-state index in [0.29, 0.717) is 0 Å². The van der Waals surface area contributed by atoms with Gasteiger partial charge in [-0.05, 0) is 45.2 Å². The lowest BCUT2D eigenvalue weighted by molar-refractivity contribution is -0.231. The fraction of sp³-hybridized carbons (Fsp3) is 0.516. The first-order chi connectivity index (χ1) is 20.0. The Hall–Kier alpha value is -3.35. The molecule has 3 aliphatic heterocycles. The lowest BCUT2D eigenvalue weighted by Crippen LogP contribution is -2.61. The highest BCUT2D eigenvalue weighted by Crippen LogP contribution is 2.44. The maximum absolute atomic E-state index is 13.7. The fourth-order valence-corrected chi connectivity index (χ4v) is 5.23. The lowest BCUT2D eigenvalue weighted by atomic mass is 9.98. The van der Waals surface area contributed by atoms with Crippen molar-refractivity contribution in [1.29, 1.82) is 0 Å². The first-order valence-electron chi connectivity index (χ1n) is 14.1.